The molecule has 0 fully saturated rings. The Balaban J connectivity index is 2.00. The van der Waals surface area contributed by atoms with Gasteiger partial charge in [-0.15, -0.1) is 0 Å². The van der Waals surface area contributed by atoms with E-state index in [1.54, 1.807) is 39.1 Å². The molecule has 2 rings (SSSR count). The van der Waals surface area contributed by atoms with Gasteiger partial charge in [0.1, 0.15) is 5.60 Å². The standard InChI is InChI=1S/C14H19N3O4/c1-14(2,3)21-13(19)16-9(8-18)7-11-17-12-10(20-11)5-4-6-15-12/h4-6,9,18H,7-8H2,1-3H3,(H,16,19)/t9-/m0/s1. The number of hydrogen-bond acceptors (Lipinski definition) is 6. The summed E-state index contributed by atoms with van der Waals surface area (Å²) < 4.78 is 10.6. The Morgan fingerprint density at radius 3 is 2.90 bits per heavy atom. The number of aliphatic hydroxyl groups excluding tert-OH is 1. The van der Waals surface area contributed by atoms with E-state index in [1.165, 1.54) is 0 Å². The predicted octanol–water partition coefficient (Wildman–Crippen LogP) is 1.65. The highest BCUT2D eigenvalue weighted by Gasteiger charge is 2.21. The molecule has 2 N–H and O–H groups in total. The molecule has 0 aliphatic carbocycles. The molecule has 2 aromatic rings. The zero-order valence-electron chi connectivity index (χ0n) is 12.3. The first-order valence-electron chi connectivity index (χ1n) is 6.68. The van der Waals surface area contributed by atoms with Crippen LogP contribution in [0.5, 0.6) is 0 Å². The van der Waals surface area contributed by atoms with Gasteiger partial charge in [-0.05, 0) is 32.9 Å². The van der Waals surface area contributed by atoms with Gasteiger partial charge in [0.2, 0.25) is 0 Å². The van der Waals surface area contributed by atoms with Crippen molar-refractivity contribution in [1.82, 2.24) is 15.3 Å². The summed E-state index contributed by atoms with van der Waals surface area (Å²) in [5, 5.41) is 11.9. The number of hydrogen-bond donors (Lipinski definition) is 2. The molecule has 1 atom stereocenters. The van der Waals surface area contributed by atoms with Crippen molar-refractivity contribution < 1.29 is 19.1 Å². The van der Waals surface area contributed by atoms with Crippen molar-refractivity contribution in [3.05, 3.63) is 24.2 Å². The molecule has 1 amide bonds. The summed E-state index contributed by atoms with van der Waals surface area (Å²) in [6.07, 6.45) is 1.29. The van der Waals surface area contributed by atoms with E-state index in [1.807, 2.05) is 0 Å². The second-order valence-electron chi connectivity index (χ2n) is 5.66. The fourth-order valence-electron chi connectivity index (χ4n) is 1.75. The summed E-state index contributed by atoms with van der Waals surface area (Å²) >= 11 is 0. The fraction of sp³-hybridized carbons (Fsp3) is 0.500. The van der Waals surface area contributed by atoms with Crippen molar-refractivity contribution in [3.8, 4) is 0 Å². The number of aliphatic hydroxyl groups is 1. The molecule has 0 aromatic carbocycles. The number of nitrogens with zero attached hydrogens (tertiary/aromatic N) is 2. The van der Waals surface area contributed by atoms with E-state index in [0.717, 1.165) is 0 Å². The Morgan fingerprint density at radius 1 is 1.52 bits per heavy atom. The molecular weight excluding hydrogens is 274 g/mol. The number of ether oxygens (including phenoxy) is 1. The van der Waals surface area contributed by atoms with Crippen molar-refractivity contribution >= 4 is 17.3 Å². The van der Waals surface area contributed by atoms with Gasteiger partial charge < -0.3 is 19.6 Å². The number of aromatic nitrogens is 2. The summed E-state index contributed by atoms with van der Waals surface area (Å²) in [5.74, 6) is 0.402. The highest BCUT2D eigenvalue weighted by Crippen LogP contribution is 2.14. The minimum atomic E-state index is -0.592. The minimum absolute atomic E-state index is 0.245. The van der Waals surface area contributed by atoms with E-state index >= 15 is 0 Å². The quantitative estimate of drug-likeness (QED) is 0.889. The van der Waals surface area contributed by atoms with Crippen LogP contribution in [0.25, 0.3) is 11.2 Å². The number of amides is 1. The molecule has 0 radical (unpaired) electrons. The van der Waals surface area contributed by atoms with Crippen molar-refractivity contribution in [3.63, 3.8) is 0 Å². The maximum atomic E-state index is 11.7. The Morgan fingerprint density at radius 2 is 2.29 bits per heavy atom. The van der Waals surface area contributed by atoms with Crippen LogP contribution in [0.4, 0.5) is 4.79 Å². The summed E-state index contributed by atoms with van der Waals surface area (Å²) in [6.45, 7) is 5.07. The minimum Gasteiger partial charge on any atom is -0.444 e. The number of carbonyl (C=O) groups excluding carboxylic acids is 1. The molecule has 0 saturated carbocycles. The molecular formula is C14H19N3O4. The Hall–Kier alpha value is -2.15. The lowest BCUT2D eigenvalue weighted by molar-refractivity contribution is 0.0481. The lowest BCUT2D eigenvalue weighted by Crippen LogP contribution is -2.42. The number of rotatable bonds is 4. The van der Waals surface area contributed by atoms with Gasteiger partial charge in [-0.1, -0.05) is 0 Å². The average Bonchev–Trinajstić information content (AvgIpc) is 2.77. The van der Waals surface area contributed by atoms with Crippen molar-refractivity contribution in [2.75, 3.05) is 6.61 Å². The third-order valence-corrected chi connectivity index (χ3v) is 2.57. The number of nitrogens with one attached hydrogen (secondary N) is 1. The molecule has 0 aliphatic heterocycles. The molecule has 0 unspecified atom stereocenters. The third-order valence-electron chi connectivity index (χ3n) is 2.57. The zero-order chi connectivity index (χ0) is 15.5. The summed E-state index contributed by atoms with van der Waals surface area (Å²) in [5.41, 5.74) is 0.480. The molecule has 7 nitrogen and oxygen atoms in total. The van der Waals surface area contributed by atoms with Gasteiger partial charge in [0.05, 0.1) is 12.6 Å². The Bertz CT molecular complexity index is 585. The van der Waals surface area contributed by atoms with Crippen LogP contribution in [0.1, 0.15) is 26.7 Å². The second kappa shape index (κ2) is 6.09. The van der Waals surface area contributed by atoms with Crippen LogP contribution in [0.15, 0.2) is 22.7 Å². The first-order valence-corrected chi connectivity index (χ1v) is 6.68. The number of fused-ring (bicyclic) bond motifs is 1. The molecule has 0 bridgehead atoms. The molecule has 114 valence electrons. The van der Waals surface area contributed by atoms with Gasteiger partial charge >= 0.3 is 6.09 Å². The first-order chi connectivity index (χ1) is 9.87. The highest BCUT2D eigenvalue weighted by molar-refractivity contribution is 5.68. The smallest absolute Gasteiger partial charge is 0.407 e. The van der Waals surface area contributed by atoms with Gasteiger partial charge in [-0.2, -0.15) is 4.98 Å². The Labute approximate surface area is 122 Å². The van der Waals surface area contributed by atoms with Crippen molar-refractivity contribution in [2.24, 2.45) is 0 Å². The topological polar surface area (TPSA) is 97.5 Å². The maximum Gasteiger partial charge on any atom is 0.407 e. The van der Waals surface area contributed by atoms with Crippen LogP contribution in [0.3, 0.4) is 0 Å². The zero-order valence-corrected chi connectivity index (χ0v) is 12.3. The number of alkyl carbamates (subject to hydrolysis) is 1. The normalized spacial score (nSPS) is 13.1. The molecule has 21 heavy (non-hydrogen) atoms. The Kier molecular flexibility index (Phi) is 4.42. The summed E-state index contributed by atoms with van der Waals surface area (Å²) in [4.78, 5) is 19.9. The van der Waals surface area contributed by atoms with Crippen molar-refractivity contribution in [2.45, 2.75) is 38.8 Å². The van der Waals surface area contributed by atoms with Crippen LogP contribution < -0.4 is 5.32 Å². The van der Waals surface area contributed by atoms with E-state index in [9.17, 15) is 9.90 Å². The van der Waals surface area contributed by atoms with E-state index in [0.29, 0.717) is 17.1 Å². The third kappa shape index (κ3) is 4.42. The van der Waals surface area contributed by atoms with Crippen LogP contribution in [0.2, 0.25) is 0 Å². The van der Waals surface area contributed by atoms with Crippen LogP contribution in [-0.4, -0.2) is 39.4 Å². The maximum absolute atomic E-state index is 11.7. The van der Waals surface area contributed by atoms with Crippen LogP contribution >= 0.6 is 0 Å². The molecule has 7 heteroatoms. The van der Waals surface area contributed by atoms with Gasteiger partial charge in [0, 0.05) is 12.6 Å². The van der Waals surface area contributed by atoms with E-state index in [4.69, 9.17) is 9.15 Å². The second-order valence-corrected chi connectivity index (χ2v) is 5.66. The number of oxazole rings is 1. The van der Waals surface area contributed by atoms with Crippen LogP contribution in [-0.2, 0) is 11.2 Å². The number of pyridine rings is 1. The lowest BCUT2D eigenvalue weighted by atomic mass is 10.2. The number of carbonyl (C=O) groups is 1. The fourth-order valence-corrected chi connectivity index (χ4v) is 1.75. The molecule has 2 heterocycles. The SMILES string of the molecule is CC(C)(C)OC(=O)N[C@H](CO)Cc1nc2ncccc2o1. The van der Waals surface area contributed by atoms with Gasteiger partial charge in [-0.3, -0.25) is 0 Å². The van der Waals surface area contributed by atoms with Crippen LogP contribution in [0, 0.1) is 0 Å². The summed E-state index contributed by atoms with van der Waals surface area (Å²) in [6, 6.07) is 2.97. The van der Waals surface area contributed by atoms with E-state index < -0.39 is 17.7 Å². The first kappa shape index (κ1) is 15.2. The molecule has 0 aliphatic rings. The van der Waals surface area contributed by atoms with Gasteiger partial charge in [-0.25, -0.2) is 9.78 Å². The average molecular weight is 293 g/mol. The monoisotopic (exact) mass is 293 g/mol. The predicted molar refractivity (Wildman–Crippen MR) is 75.8 cm³/mol. The van der Waals surface area contributed by atoms with Gasteiger partial charge in [0.25, 0.3) is 0 Å². The summed E-state index contributed by atoms with van der Waals surface area (Å²) in [7, 11) is 0. The molecule has 0 saturated heterocycles. The van der Waals surface area contributed by atoms with Gasteiger partial charge in [0.15, 0.2) is 17.1 Å². The molecule has 0 spiro atoms. The largest absolute Gasteiger partial charge is 0.444 e. The molecule has 2 aromatic heterocycles. The van der Waals surface area contributed by atoms with Crippen molar-refractivity contribution in [1.29, 1.82) is 0 Å². The highest BCUT2D eigenvalue weighted by atomic mass is 16.6. The van der Waals surface area contributed by atoms with E-state index in [-0.39, 0.29) is 13.0 Å². The van der Waals surface area contributed by atoms with E-state index in [2.05, 4.69) is 15.3 Å². The lowest BCUT2D eigenvalue weighted by Gasteiger charge is -2.22.